The van der Waals surface area contributed by atoms with E-state index in [9.17, 15) is 13.2 Å². The molecule has 3 aromatic carbocycles. The Morgan fingerprint density at radius 3 is 2.26 bits per heavy atom. The maximum absolute atomic E-state index is 13.2. The van der Waals surface area contributed by atoms with Gasteiger partial charge in [-0.1, -0.05) is 43.2 Å². The van der Waals surface area contributed by atoms with E-state index in [-0.39, 0.29) is 27.7 Å². The van der Waals surface area contributed by atoms with Gasteiger partial charge in [-0.15, -0.1) is 0 Å². The van der Waals surface area contributed by atoms with Crippen LogP contribution in [0.5, 0.6) is 11.5 Å². The topological polar surface area (TPSA) is 81.7 Å². The number of ether oxygens (including phenoxy) is 2. The summed E-state index contributed by atoms with van der Waals surface area (Å²) in [4.78, 5) is 13.5. The van der Waals surface area contributed by atoms with Gasteiger partial charge in [-0.3, -0.25) is 4.79 Å². The van der Waals surface area contributed by atoms with Crippen LogP contribution in [-0.2, 0) is 9.84 Å². The lowest BCUT2D eigenvalue weighted by atomic mass is 9.79. The standard InChI is InChI=1S/C27H29NO5S/c1-32-25-16-15-19(18-26(25)33-2)23-13-6-7-14-24(23)28-27(29)20-9-8-12-22(17-20)34(30,31)21-10-4-3-5-11-21/h3-5,8-12,15-18,23-24H,6-7,13-14H2,1-2H3,(H,28,29). The van der Waals surface area contributed by atoms with E-state index in [1.807, 2.05) is 18.2 Å². The number of amides is 1. The highest BCUT2D eigenvalue weighted by atomic mass is 32.2. The highest BCUT2D eigenvalue weighted by molar-refractivity contribution is 7.91. The lowest BCUT2D eigenvalue weighted by Crippen LogP contribution is -2.41. The summed E-state index contributed by atoms with van der Waals surface area (Å²) in [6.07, 6.45) is 3.91. The lowest BCUT2D eigenvalue weighted by molar-refractivity contribution is 0.0920. The number of benzene rings is 3. The highest BCUT2D eigenvalue weighted by Gasteiger charge is 2.29. The Balaban J connectivity index is 1.56. The molecule has 7 heteroatoms. The van der Waals surface area contributed by atoms with Crippen LogP contribution in [0.1, 0.15) is 47.5 Å². The number of rotatable bonds is 7. The Labute approximate surface area is 200 Å². The third-order valence-electron chi connectivity index (χ3n) is 6.38. The summed E-state index contributed by atoms with van der Waals surface area (Å²) in [7, 11) is -0.488. The predicted octanol–water partition coefficient (Wildman–Crippen LogP) is 4.99. The van der Waals surface area contributed by atoms with E-state index in [2.05, 4.69) is 5.32 Å². The molecule has 0 aromatic heterocycles. The fraction of sp³-hybridized carbons (Fsp3) is 0.296. The Morgan fingerprint density at radius 1 is 0.824 bits per heavy atom. The average Bonchev–Trinajstić information content (AvgIpc) is 2.89. The van der Waals surface area contributed by atoms with Crippen molar-refractivity contribution in [2.45, 2.75) is 47.4 Å². The molecule has 1 amide bonds. The molecule has 0 saturated heterocycles. The molecule has 0 bridgehead atoms. The van der Waals surface area contributed by atoms with Crippen LogP contribution in [0.15, 0.2) is 82.6 Å². The van der Waals surface area contributed by atoms with E-state index in [1.54, 1.807) is 56.7 Å². The van der Waals surface area contributed by atoms with Crippen LogP contribution in [-0.4, -0.2) is 34.6 Å². The maximum atomic E-state index is 13.2. The molecule has 1 saturated carbocycles. The van der Waals surface area contributed by atoms with Crippen LogP contribution in [0.4, 0.5) is 0 Å². The van der Waals surface area contributed by atoms with Crippen molar-refractivity contribution in [1.29, 1.82) is 0 Å². The number of nitrogens with one attached hydrogen (secondary N) is 1. The van der Waals surface area contributed by atoms with Gasteiger partial charge in [0.05, 0.1) is 24.0 Å². The van der Waals surface area contributed by atoms with Gasteiger partial charge >= 0.3 is 0 Å². The summed E-state index contributed by atoms with van der Waals surface area (Å²) in [5, 5.41) is 3.16. The molecule has 1 fully saturated rings. The Hall–Kier alpha value is -3.32. The van der Waals surface area contributed by atoms with Gasteiger partial charge in [-0.25, -0.2) is 8.42 Å². The maximum Gasteiger partial charge on any atom is 0.251 e. The monoisotopic (exact) mass is 479 g/mol. The van der Waals surface area contributed by atoms with Crippen molar-refractivity contribution in [3.8, 4) is 11.5 Å². The second-order valence-electron chi connectivity index (χ2n) is 8.43. The summed E-state index contributed by atoms with van der Waals surface area (Å²) in [5.41, 5.74) is 1.41. The molecule has 4 rings (SSSR count). The zero-order valence-electron chi connectivity index (χ0n) is 19.4. The lowest BCUT2D eigenvalue weighted by Gasteiger charge is -2.33. The van der Waals surface area contributed by atoms with E-state index in [4.69, 9.17) is 9.47 Å². The molecule has 0 aliphatic heterocycles. The van der Waals surface area contributed by atoms with E-state index < -0.39 is 9.84 Å². The van der Waals surface area contributed by atoms with Gasteiger partial charge in [-0.05, 0) is 60.9 Å². The van der Waals surface area contributed by atoms with Crippen LogP contribution in [0.3, 0.4) is 0 Å². The van der Waals surface area contributed by atoms with Crippen molar-refractivity contribution >= 4 is 15.7 Å². The molecule has 0 spiro atoms. The minimum atomic E-state index is -3.70. The number of methoxy groups -OCH3 is 2. The minimum Gasteiger partial charge on any atom is -0.493 e. The zero-order chi connectivity index (χ0) is 24.1. The number of carbonyl (C=O) groups excluding carboxylic acids is 1. The molecule has 1 aliphatic rings. The molecule has 3 aromatic rings. The van der Waals surface area contributed by atoms with E-state index in [0.717, 1.165) is 31.2 Å². The van der Waals surface area contributed by atoms with Crippen molar-refractivity contribution in [2.24, 2.45) is 0 Å². The van der Waals surface area contributed by atoms with Crippen LogP contribution in [0.2, 0.25) is 0 Å². The fourth-order valence-corrected chi connectivity index (χ4v) is 5.91. The molecule has 0 radical (unpaired) electrons. The summed E-state index contributed by atoms with van der Waals surface area (Å²) in [6.45, 7) is 0. The van der Waals surface area contributed by atoms with Crippen molar-refractivity contribution in [1.82, 2.24) is 5.32 Å². The molecular weight excluding hydrogens is 450 g/mol. The first kappa shape index (κ1) is 23.8. The van der Waals surface area contributed by atoms with Crippen molar-refractivity contribution in [3.63, 3.8) is 0 Å². The normalized spacial score (nSPS) is 18.2. The first-order chi connectivity index (χ1) is 16.4. The zero-order valence-corrected chi connectivity index (χ0v) is 20.2. The second-order valence-corrected chi connectivity index (χ2v) is 10.4. The molecule has 2 unspecified atom stereocenters. The third-order valence-corrected chi connectivity index (χ3v) is 8.15. The molecular formula is C27H29NO5S. The third kappa shape index (κ3) is 4.94. The fourth-order valence-electron chi connectivity index (χ4n) is 4.58. The summed E-state index contributed by atoms with van der Waals surface area (Å²) in [5.74, 6) is 1.18. The molecule has 0 heterocycles. The highest BCUT2D eigenvalue weighted by Crippen LogP contribution is 2.37. The van der Waals surface area contributed by atoms with Crippen molar-refractivity contribution in [2.75, 3.05) is 14.2 Å². The predicted molar refractivity (Wildman–Crippen MR) is 130 cm³/mol. The van der Waals surface area contributed by atoms with Gasteiger partial charge in [0, 0.05) is 17.5 Å². The first-order valence-corrected chi connectivity index (χ1v) is 12.9. The molecule has 178 valence electrons. The second kappa shape index (κ2) is 10.3. The number of hydrogen-bond donors (Lipinski definition) is 1. The minimum absolute atomic E-state index is 0.0614. The summed E-state index contributed by atoms with van der Waals surface area (Å²) >= 11 is 0. The van der Waals surface area contributed by atoms with Crippen LogP contribution in [0.25, 0.3) is 0 Å². The van der Waals surface area contributed by atoms with Gasteiger partial charge in [0.25, 0.3) is 5.91 Å². The van der Waals surface area contributed by atoms with Crippen LogP contribution in [0, 0.1) is 0 Å². The van der Waals surface area contributed by atoms with Gasteiger partial charge < -0.3 is 14.8 Å². The molecule has 6 nitrogen and oxygen atoms in total. The Morgan fingerprint density at radius 2 is 1.53 bits per heavy atom. The van der Waals surface area contributed by atoms with E-state index >= 15 is 0 Å². The molecule has 1 N–H and O–H groups in total. The quantitative estimate of drug-likeness (QED) is 0.516. The van der Waals surface area contributed by atoms with Gasteiger partial charge in [0.1, 0.15) is 0 Å². The Kier molecular flexibility index (Phi) is 7.22. The Bertz CT molecular complexity index is 1260. The summed E-state index contributed by atoms with van der Waals surface area (Å²) in [6, 6.07) is 20.3. The SMILES string of the molecule is COc1ccc(C2CCCCC2NC(=O)c2cccc(S(=O)(=O)c3ccccc3)c2)cc1OC. The van der Waals surface area contributed by atoms with Gasteiger partial charge in [-0.2, -0.15) is 0 Å². The smallest absolute Gasteiger partial charge is 0.251 e. The first-order valence-electron chi connectivity index (χ1n) is 11.4. The number of hydrogen-bond acceptors (Lipinski definition) is 5. The number of sulfone groups is 1. The van der Waals surface area contributed by atoms with Crippen molar-refractivity contribution in [3.05, 3.63) is 83.9 Å². The van der Waals surface area contributed by atoms with Crippen molar-refractivity contribution < 1.29 is 22.7 Å². The molecule has 34 heavy (non-hydrogen) atoms. The largest absolute Gasteiger partial charge is 0.493 e. The van der Waals surface area contributed by atoms with Crippen LogP contribution >= 0.6 is 0 Å². The van der Waals surface area contributed by atoms with Crippen LogP contribution < -0.4 is 14.8 Å². The van der Waals surface area contributed by atoms with Gasteiger partial charge in [0.15, 0.2) is 11.5 Å². The number of carbonyl (C=O) groups is 1. The van der Waals surface area contributed by atoms with E-state index in [1.165, 1.54) is 12.1 Å². The average molecular weight is 480 g/mol. The van der Waals surface area contributed by atoms with E-state index in [0.29, 0.717) is 17.1 Å². The molecule has 1 aliphatic carbocycles. The molecule has 2 atom stereocenters. The van der Waals surface area contributed by atoms with Gasteiger partial charge in [0.2, 0.25) is 9.84 Å². The summed E-state index contributed by atoms with van der Waals surface area (Å²) < 4.78 is 36.8.